The zero-order valence-corrected chi connectivity index (χ0v) is 15.5. The smallest absolute Gasteiger partial charge is 0.358 e. The lowest BCUT2D eigenvalue weighted by molar-refractivity contribution is 0.0520. The van der Waals surface area contributed by atoms with Gasteiger partial charge in [-0.1, -0.05) is 17.7 Å². The van der Waals surface area contributed by atoms with Crippen LogP contribution in [0.15, 0.2) is 53.8 Å². The van der Waals surface area contributed by atoms with Gasteiger partial charge in [0.1, 0.15) is 0 Å². The Kier molecular flexibility index (Phi) is 3.96. The number of benzene rings is 1. The van der Waals surface area contributed by atoms with Crippen molar-refractivity contribution in [2.24, 2.45) is 0 Å². The second kappa shape index (κ2) is 6.20. The van der Waals surface area contributed by atoms with Crippen molar-refractivity contribution in [2.45, 2.75) is 18.7 Å². The number of hydrogen-bond donors (Lipinski definition) is 0. The van der Waals surface area contributed by atoms with Gasteiger partial charge in [-0.25, -0.2) is 27.2 Å². The Hall–Kier alpha value is -3.20. The minimum atomic E-state index is -3.80. The van der Waals surface area contributed by atoms with Crippen LogP contribution >= 0.6 is 0 Å². The topological polar surface area (TPSA) is 95.6 Å². The van der Waals surface area contributed by atoms with Crippen LogP contribution in [0.2, 0.25) is 0 Å². The van der Waals surface area contributed by atoms with E-state index in [4.69, 9.17) is 4.74 Å². The van der Waals surface area contributed by atoms with Gasteiger partial charge in [-0.3, -0.25) is 4.40 Å². The first-order valence-electron chi connectivity index (χ1n) is 8.26. The van der Waals surface area contributed by atoms with Gasteiger partial charge in [0.15, 0.2) is 17.0 Å². The quantitative estimate of drug-likeness (QED) is 0.502. The third-order valence-electron chi connectivity index (χ3n) is 4.16. The summed E-state index contributed by atoms with van der Waals surface area (Å²) in [5.74, 6) is -0.541. The molecule has 0 radical (unpaired) electrons. The monoisotopic (exact) mass is 384 g/mol. The minimum absolute atomic E-state index is 0.139. The molecule has 0 aliphatic rings. The van der Waals surface area contributed by atoms with Crippen molar-refractivity contribution in [2.75, 3.05) is 6.61 Å². The van der Waals surface area contributed by atoms with E-state index in [9.17, 15) is 13.2 Å². The lowest BCUT2D eigenvalue weighted by Gasteiger charge is -2.07. The molecule has 0 fully saturated rings. The Labute approximate surface area is 155 Å². The molecule has 9 heteroatoms. The Morgan fingerprint density at radius 3 is 2.63 bits per heavy atom. The molecular weight excluding hydrogens is 368 g/mol. The molecule has 0 saturated heterocycles. The second-order valence-electron chi connectivity index (χ2n) is 5.97. The number of hydrogen-bond acceptors (Lipinski definition) is 6. The van der Waals surface area contributed by atoms with Gasteiger partial charge in [0.2, 0.25) is 0 Å². The van der Waals surface area contributed by atoms with E-state index in [1.165, 1.54) is 18.6 Å². The summed E-state index contributed by atoms with van der Waals surface area (Å²) in [4.78, 5) is 20.5. The SMILES string of the molecule is CCOC(=O)c1cn2c(cnc3c2ccn3S(=O)(=O)c2ccc(C)cc2)n1. The first kappa shape index (κ1) is 17.2. The Bertz CT molecular complexity index is 1270. The van der Waals surface area contributed by atoms with Crippen molar-refractivity contribution in [3.05, 3.63) is 60.2 Å². The Morgan fingerprint density at radius 1 is 1.19 bits per heavy atom. The number of esters is 1. The van der Waals surface area contributed by atoms with E-state index < -0.39 is 16.0 Å². The van der Waals surface area contributed by atoms with Crippen LogP contribution < -0.4 is 0 Å². The van der Waals surface area contributed by atoms with E-state index in [0.717, 1.165) is 9.54 Å². The maximum Gasteiger partial charge on any atom is 0.358 e. The maximum atomic E-state index is 13.0. The highest BCUT2D eigenvalue weighted by molar-refractivity contribution is 7.90. The average molecular weight is 384 g/mol. The highest BCUT2D eigenvalue weighted by Gasteiger charge is 2.21. The molecule has 3 aromatic heterocycles. The van der Waals surface area contributed by atoms with Gasteiger partial charge >= 0.3 is 5.97 Å². The molecule has 0 unspecified atom stereocenters. The number of imidazole rings is 1. The summed E-state index contributed by atoms with van der Waals surface area (Å²) in [7, 11) is -3.80. The number of carbonyl (C=O) groups is 1. The lowest BCUT2D eigenvalue weighted by atomic mass is 10.2. The highest BCUT2D eigenvalue weighted by atomic mass is 32.2. The summed E-state index contributed by atoms with van der Waals surface area (Å²) >= 11 is 0. The molecular formula is C18H16N4O4S. The Balaban J connectivity index is 1.87. The molecule has 138 valence electrons. The first-order valence-corrected chi connectivity index (χ1v) is 9.70. The molecule has 4 rings (SSSR count). The van der Waals surface area contributed by atoms with Gasteiger partial charge in [-0.15, -0.1) is 0 Å². The van der Waals surface area contributed by atoms with Crippen LogP contribution in [0, 0.1) is 6.92 Å². The molecule has 27 heavy (non-hydrogen) atoms. The molecule has 0 N–H and O–H groups in total. The highest BCUT2D eigenvalue weighted by Crippen LogP contribution is 2.22. The molecule has 0 aliphatic heterocycles. The van der Waals surface area contributed by atoms with Gasteiger partial charge in [0.05, 0.1) is 23.2 Å². The molecule has 0 aliphatic carbocycles. The largest absolute Gasteiger partial charge is 0.461 e. The number of ether oxygens (including phenoxy) is 1. The number of rotatable bonds is 4. The fourth-order valence-corrected chi connectivity index (χ4v) is 4.12. The Morgan fingerprint density at radius 2 is 1.93 bits per heavy atom. The number of aryl methyl sites for hydroxylation is 1. The first-order chi connectivity index (χ1) is 12.9. The van der Waals surface area contributed by atoms with Crippen LogP contribution in [-0.2, 0) is 14.8 Å². The van der Waals surface area contributed by atoms with E-state index in [2.05, 4.69) is 9.97 Å². The van der Waals surface area contributed by atoms with E-state index >= 15 is 0 Å². The number of fused-ring (bicyclic) bond motifs is 3. The summed E-state index contributed by atoms with van der Waals surface area (Å²) in [5.41, 5.74) is 2.30. The lowest BCUT2D eigenvalue weighted by Crippen LogP contribution is -2.12. The van der Waals surface area contributed by atoms with Crippen molar-refractivity contribution in [1.29, 1.82) is 0 Å². The van der Waals surface area contributed by atoms with Crippen molar-refractivity contribution in [1.82, 2.24) is 18.3 Å². The van der Waals surface area contributed by atoms with Gasteiger partial charge in [0, 0.05) is 12.4 Å². The summed E-state index contributed by atoms with van der Waals surface area (Å²) in [6.45, 7) is 3.84. The fourth-order valence-electron chi connectivity index (χ4n) is 2.83. The van der Waals surface area contributed by atoms with E-state index in [-0.39, 0.29) is 22.8 Å². The maximum absolute atomic E-state index is 13.0. The molecule has 4 aromatic rings. The van der Waals surface area contributed by atoms with Crippen LogP contribution in [-0.4, -0.2) is 39.3 Å². The summed E-state index contributed by atoms with van der Waals surface area (Å²) in [6.07, 6.45) is 4.38. The summed E-state index contributed by atoms with van der Waals surface area (Å²) < 4.78 is 33.7. The fraction of sp³-hybridized carbons (Fsp3) is 0.167. The minimum Gasteiger partial charge on any atom is -0.461 e. The molecule has 8 nitrogen and oxygen atoms in total. The third kappa shape index (κ3) is 2.76. The predicted molar refractivity (Wildman–Crippen MR) is 98.2 cm³/mol. The van der Waals surface area contributed by atoms with Gasteiger partial charge in [-0.2, -0.15) is 0 Å². The predicted octanol–water partition coefficient (Wildman–Crippen LogP) is 2.41. The molecule has 1 aromatic carbocycles. The molecule has 3 heterocycles. The van der Waals surface area contributed by atoms with Crippen molar-refractivity contribution >= 4 is 32.8 Å². The van der Waals surface area contributed by atoms with Crippen LogP contribution in [0.25, 0.3) is 16.8 Å². The zero-order valence-electron chi connectivity index (χ0n) is 14.7. The molecule has 0 spiro atoms. The van der Waals surface area contributed by atoms with Crippen molar-refractivity contribution in [3.63, 3.8) is 0 Å². The van der Waals surface area contributed by atoms with E-state index in [1.807, 2.05) is 6.92 Å². The average Bonchev–Trinajstić information content (AvgIpc) is 3.26. The number of nitrogens with zero attached hydrogens (tertiary/aromatic N) is 4. The van der Waals surface area contributed by atoms with Crippen LogP contribution in [0.1, 0.15) is 23.0 Å². The summed E-state index contributed by atoms with van der Waals surface area (Å²) in [5, 5.41) is 0. The van der Waals surface area contributed by atoms with Crippen molar-refractivity contribution < 1.29 is 17.9 Å². The van der Waals surface area contributed by atoms with E-state index in [1.54, 1.807) is 41.7 Å². The number of aromatic nitrogens is 4. The summed E-state index contributed by atoms with van der Waals surface area (Å²) in [6, 6.07) is 8.23. The van der Waals surface area contributed by atoms with Crippen LogP contribution in [0.4, 0.5) is 0 Å². The molecule has 0 amide bonds. The molecule has 0 saturated carbocycles. The number of carbonyl (C=O) groups excluding carboxylic acids is 1. The van der Waals surface area contributed by atoms with Crippen molar-refractivity contribution in [3.8, 4) is 0 Å². The molecule has 0 atom stereocenters. The van der Waals surface area contributed by atoms with E-state index in [0.29, 0.717) is 11.2 Å². The molecule has 0 bridgehead atoms. The van der Waals surface area contributed by atoms with Gasteiger partial charge < -0.3 is 4.74 Å². The van der Waals surface area contributed by atoms with Crippen LogP contribution in [0.3, 0.4) is 0 Å². The van der Waals surface area contributed by atoms with Gasteiger partial charge in [0.25, 0.3) is 10.0 Å². The second-order valence-corrected chi connectivity index (χ2v) is 7.79. The van der Waals surface area contributed by atoms with Crippen LogP contribution in [0.5, 0.6) is 0 Å². The standard InChI is InChI=1S/C18H16N4O4S/c1-3-26-18(23)14-11-21-15-8-9-22(17(15)19-10-16(21)20-14)27(24,25)13-6-4-12(2)5-7-13/h4-11H,3H2,1-2H3. The van der Waals surface area contributed by atoms with Gasteiger partial charge in [-0.05, 0) is 32.0 Å². The zero-order chi connectivity index (χ0) is 19.2. The normalized spacial score (nSPS) is 11.9. The third-order valence-corrected chi connectivity index (χ3v) is 5.84.